The Morgan fingerprint density at radius 1 is 1.28 bits per heavy atom. The fourth-order valence-corrected chi connectivity index (χ4v) is 1.77. The molecular formula is C13H18F3NO. The smallest absolute Gasteiger partial charge is 0.391 e. The van der Waals surface area contributed by atoms with Crippen LogP contribution in [0.25, 0.3) is 0 Å². The summed E-state index contributed by atoms with van der Waals surface area (Å²) in [5.74, 6) is 0.233. The molecule has 3 N–H and O–H groups in total. The standard InChI is InChI=1S/C13H18F3NO/c1-8(2)6-11(18)12(17)9-4-3-5-10(7-9)13(14,15)16/h3-5,7-8,11-12,18H,6,17H2,1-2H3/t11-,12+/m1/s1. The van der Waals surface area contributed by atoms with E-state index < -0.39 is 23.9 Å². The van der Waals surface area contributed by atoms with Gasteiger partial charge in [0.15, 0.2) is 0 Å². The summed E-state index contributed by atoms with van der Waals surface area (Å²) in [6.45, 7) is 3.84. The Bertz CT molecular complexity index is 390. The molecule has 1 aromatic rings. The zero-order valence-electron chi connectivity index (χ0n) is 10.4. The predicted molar refractivity (Wildman–Crippen MR) is 63.8 cm³/mol. The van der Waals surface area contributed by atoms with Gasteiger partial charge in [0.05, 0.1) is 17.7 Å². The minimum absolute atomic E-state index is 0.233. The van der Waals surface area contributed by atoms with E-state index in [4.69, 9.17) is 5.73 Å². The fourth-order valence-electron chi connectivity index (χ4n) is 1.77. The molecule has 0 aliphatic carbocycles. The Morgan fingerprint density at radius 2 is 1.89 bits per heavy atom. The van der Waals surface area contributed by atoms with E-state index in [1.807, 2.05) is 13.8 Å². The molecule has 0 aromatic heterocycles. The third kappa shape index (κ3) is 3.99. The summed E-state index contributed by atoms with van der Waals surface area (Å²) < 4.78 is 37.6. The monoisotopic (exact) mass is 261 g/mol. The minimum Gasteiger partial charge on any atom is -0.391 e. The van der Waals surface area contributed by atoms with E-state index in [-0.39, 0.29) is 5.92 Å². The maximum Gasteiger partial charge on any atom is 0.416 e. The summed E-state index contributed by atoms with van der Waals surface area (Å²) in [4.78, 5) is 0. The highest BCUT2D eigenvalue weighted by Crippen LogP contribution is 2.31. The summed E-state index contributed by atoms with van der Waals surface area (Å²) in [5.41, 5.74) is 5.34. The van der Waals surface area contributed by atoms with E-state index in [2.05, 4.69) is 0 Å². The molecule has 0 amide bonds. The van der Waals surface area contributed by atoms with Crippen LogP contribution >= 0.6 is 0 Å². The van der Waals surface area contributed by atoms with Crippen molar-refractivity contribution in [2.75, 3.05) is 0 Å². The van der Waals surface area contributed by atoms with Gasteiger partial charge in [0.2, 0.25) is 0 Å². The number of aliphatic hydroxyl groups is 1. The Labute approximate surface area is 105 Å². The lowest BCUT2D eigenvalue weighted by atomic mass is 9.94. The largest absolute Gasteiger partial charge is 0.416 e. The first-order valence-corrected chi connectivity index (χ1v) is 5.82. The van der Waals surface area contributed by atoms with E-state index in [1.54, 1.807) is 0 Å². The van der Waals surface area contributed by atoms with E-state index in [0.29, 0.717) is 12.0 Å². The summed E-state index contributed by atoms with van der Waals surface area (Å²) in [7, 11) is 0. The number of benzene rings is 1. The lowest BCUT2D eigenvalue weighted by Crippen LogP contribution is -2.27. The highest BCUT2D eigenvalue weighted by Gasteiger charge is 2.31. The SMILES string of the molecule is CC(C)C[C@@H](O)[C@@H](N)c1cccc(C(F)(F)F)c1. The number of rotatable bonds is 4. The number of hydrogen-bond donors (Lipinski definition) is 2. The van der Waals surface area contributed by atoms with Crippen molar-refractivity contribution >= 4 is 0 Å². The molecule has 18 heavy (non-hydrogen) atoms. The maximum absolute atomic E-state index is 12.5. The molecule has 2 atom stereocenters. The molecule has 0 spiro atoms. The van der Waals surface area contributed by atoms with Gasteiger partial charge >= 0.3 is 6.18 Å². The van der Waals surface area contributed by atoms with E-state index in [0.717, 1.165) is 12.1 Å². The van der Waals surface area contributed by atoms with Crippen LogP contribution in [0.5, 0.6) is 0 Å². The van der Waals surface area contributed by atoms with Gasteiger partial charge < -0.3 is 10.8 Å². The number of aliphatic hydroxyl groups excluding tert-OH is 1. The molecule has 0 aliphatic heterocycles. The summed E-state index contributed by atoms with van der Waals surface area (Å²) in [6.07, 6.45) is -4.77. The fraction of sp³-hybridized carbons (Fsp3) is 0.538. The average Bonchev–Trinajstić information content (AvgIpc) is 2.26. The number of halogens is 3. The molecule has 0 radical (unpaired) electrons. The molecule has 2 nitrogen and oxygen atoms in total. The molecular weight excluding hydrogens is 243 g/mol. The lowest BCUT2D eigenvalue weighted by Gasteiger charge is -2.21. The van der Waals surface area contributed by atoms with Gasteiger partial charge in [-0.05, 0) is 30.0 Å². The third-order valence-electron chi connectivity index (χ3n) is 2.73. The van der Waals surface area contributed by atoms with Crippen LogP contribution in [-0.2, 0) is 6.18 Å². The van der Waals surface area contributed by atoms with Crippen molar-refractivity contribution in [3.05, 3.63) is 35.4 Å². The van der Waals surface area contributed by atoms with Gasteiger partial charge in [-0.1, -0.05) is 26.0 Å². The van der Waals surface area contributed by atoms with Crippen LogP contribution in [0.15, 0.2) is 24.3 Å². The second kappa shape index (κ2) is 5.71. The molecule has 0 saturated carbocycles. The molecule has 0 bridgehead atoms. The summed E-state index contributed by atoms with van der Waals surface area (Å²) in [6, 6.07) is 4.00. The van der Waals surface area contributed by atoms with E-state index in [1.165, 1.54) is 12.1 Å². The van der Waals surface area contributed by atoms with Crippen molar-refractivity contribution in [1.82, 2.24) is 0 Å². The van der Waals surface area contributed by atoms with Gasteiger partial charge in [0.25, 0.3) is 0 Å². The van der Waals surface area contributed by atoms with Crippen LogP contribution in [0.4, 0.5) is 13.2 Å². The van der Waals surface area contributed by atoms with Gasteiger partial charge in [-0.2, -0.15) is 13.2 Å². The van der Waals surface area contributed by atoms with E-state index >= 15 is 0 Å². The highest BCUT2D eigenvalue weighted by molar-refractivity contribution is 5.28. The Morgan fingerprint density at radius 3 is 2.39 bits per heavy atom. The zero-order chi connectivity index (χ0) is 13.9. The van der Waals surface area contributed by atoms with Crippen molar-refractivity contribution in [2.24, 2.45) is 11.7 Å². The first kappa shape index (κ1) is 15.0. The van der Waals surface area contributed by atoms with Crippen molar-refractivity contribution in [2.45, 2.75) is 38.6 Å². The molecule has 0 fully saturated rings. The number of alkyl halides is 3. The number of nitrogens with two attached hydrogens (primary N) is 1. The van der Waals surface area contributed by atoms with Gasteiger partial charge in [0.1, 0.15) is 0 Å². The average molecular weight is 261 g/mol. The van der Waals surface area contributed by atoms with Crippen LogP contribution in [-0.4, -0.2) is 11.2 Å². The van der Waals surface area contributed by atoms with Crippen molar-refractivity contribution in [1.29, 1.82) is 0 Å². The Hall–Kier alpha value is -1.07. The van der Waals surface area contributed by atoms with Gasteiger partial charge in [-0.15, -0.1) is 0 Å². The normalized spacial score (nSPS) is 15.8. The van der Waals surface area contributed by atoms with Crippen molar-refractivity contribution in [3.8, 4) is 0 Å². The zero-order valence-corrected chi connectivity index (χ0v) is 10.4. The molecule has 1 rings (SSSR count). The lowest BCUT2D eigenvalue weighted by molar-refractivity contribution is -0.137. The van der Waals surface area contributed by atoms with Crippen LogP contribution < -0.4 is 5.73 Å². The minimum atomic E-state index is -4.39. The van der Waals surface area contributed by atoms with Crippen LogP contribution in [0.1, 0.15) is 37.4 Å². The first-order valence-electron chi connectivity index (χ1n) is 5.82. The topological polar surface area (TPSA) is 46.2 Å². The van der Waals surface area contributed by atoms with Crippen molar-refractivity contribution in [3.63, 3.8) is 0 Å². The molecule has 0 unspecified atom stereocenters. The van der Waals surface area contributed by atoms with Crippen molar-refractivity contribution < 1.29 is 18.3 Å². The van der Waals surface area contributed by atoms with Crippen LogP contribution in [0.3, 0.4) is 0 Å². The van der Waals surface area contributed by atoms with Crippen LogP contribution in [0, 0.1) is 5.92 Å². The van der Waals surface area contributed by atoms with E-state index in [9.17, 15) is 18.3 Å². The quantitative estimate of drug-likeness (QED) is 0.874. The second-order valence-electron chi connectivity index (χ2n) is 4.85. The maximum atomic E-state index is 12.5. The number of hydrogen-bond acceptors (Lipinski definition) is 2. The third-order valence-corrected chi connectivity index (χ3v) is 2.73. The van der Waals surface area contributed by atoms with Crippen LogP contribution in [0.2, 0.25) is 0 Å². The van der Waals surface area contributed by atoms with Gasteiger partial charge in [0, 0.05) is 0 Å². The second-order valence-corrected chi connectivity index (χ2v) is 4.85. The molecule has 1 aromatic carbocycles. The molecule has 102 valence electrons. The van der Waals surface area contributed by atoms with Gasteiger partial charge in [-0.25, -0.2) is 0 Å². The molecule has 0 heterocycles. The molecule has 5 heteroatoms. The highest BCUT2D eigenvalue weighted by atomic mass is 19.4. The molecule has 0 aliphatic rings. The first-order chi connectivity index (χ1) is 8.21. The molecule has 0 saturated heterocycles. The predicted octanol–water partition coefficient (Wildman–Crippen LogP) is 3.11. The van der Waals surface area contributed by atoms with Gasteiger partial charge in [-0.3, -0.25) is 0 Å². The Balaban J connectivity index is 2.89. The Kier molecular flexibility index (Phi) is 4.76. The summed E-state index contributed by atoms with van der Waals surface area (Å²) in [5, 5.41) is 9.83. The summed E-state index contributed by atoms with van der Waals surface area (Å²) >= 11 is 0.